The summed E-state index contributed by atoms with van der Waals surface area (Å²) in [5, 5.41) is 2.37. The molecular formula is C38H23N5S. The summed E-state index contributed by atoms with van der Waals surface area (Å²) in [7, 11) is 0. The first-order valence-corrected chi connectivity index (χ1v) is 15.3. The van der Waals surface area contributed by atoms with Crippen molar-refractivity contribution >= 4 is 48.3 Å². The average Bonchev–Trinajstić information content (AvgIpc) is 3.65. The number of imidazole rings is 1. The van der Waals surface area contributed by atoms with Gasteiger partial charge in [0.05, 0.1) is 5.52 Å². The molecule has 5 aromatic carbocycles. The van der Waals surface area contributed by atoms with Gasteiger partial charge < -0.3 is 0 Å². The monoisotopic (exact) mass is 581 g/mol. The number of aromatic nitrogens is 5. The van der Waals surface area contributed by atoms with Gasteiger partial charge in [-0.15, -0.1) is 11.3 Å². The van der Waals surface area contributed by atoms with Crippen LogP contribution in [0.4, 0.5) is 0 Å². The van der Waals surface area contributed by atoms with Gasteiger partial charge in [0, 0.05) is 26.8 Å². The van der Waals surface area contributed by atoms with Crippen molar-refractivity contribution in [3.8, 4) is 45.3 Å². The van der Waals surface area contributed by atoms with E-state index in [1.54, 1.807) is 11.3 Å². The molecule has 0 saturated carbocycles. The third-order valence-corrected chi connectivity index (χ3v) is 9.19. The molecule has 9 aromatic rings. The molecule has 5 nitrogen and oxygen atoms in total. The predicted octanol–water partition coefficient (Wildman–Crippen LogP) is 9.71. The van der Waals surface area contributed by atoms with Crippen molar-refractivity contribution in [3.63, 3.8) is 0 Å². The van der Waals surface area contributed by atoms with Gasteiger partial charge >= 0.3 is 0 Å². The Bertz CT molecular complexity index is 2440. The first-order valence-electron chi connectivity index (χ1n) is 14.5. The number of benzene rings is 5. The van der Waals surface area contributed by atoms with Crippen LogP contribution in [0.5, 0.6) is 0 Å². The van der Waals surface area contributed by atoms with Crippen molar-refractivity contribution in [2.75, 3.05) is 0 Å². The molecule has 4 aromatic heterocycles. The average molecular weight is 582 g/mol. The Hall–Kier alpha value is -5.72. The lowest BCUT2D eigenvalue weighted by Crippen LogP contribution is -2.00. The number of nitrogens with zero attached hydrogens (tertiary/aromatic N) is 5. The van der Waals surface area contributed by atoms with Crippen LogP contribution in [0, 0.1) is 0 Å². The molecule has 0 bridgehead atoms. The molecule has 0 spiro atoms. The predicted molar refractivity (Wildman–Crippen MR) is 181 cm³/mol. The maximum atomic E-state index is 5.08. The fourth-order valence-electron chi connectivity index (χ4n) is 5.90. The second-order valence-electron chi connectivity index (χ2n) is 10.8. The largest absolute Gasteiger partial charge is 0.284 e. The molecule has 0 atom stereocenters. The Balaban J connectivity index is 1.18. The number of para-hydroxylation sites is 1. The minimum Gasteiger partial charge on any atom is -0.284 e. The van der Waals surface area contributed by atoms with Gasteiger partial charge in [-0.3, -0.25) is 4.40 Å². The van der Waals surface area contributed by atoms with Gasteiger partial charge in [-0.2, -0.15) is 0 Å². The molecule has 0 aliphatic heterocycles. The van der Waals surface area contributed by atoms with E-state index in [-0.39, 0.29) is 0 Å². The number of pyridine rings is 1. The van der Waals surface area contributed by atoms with Crippen molar-refractivity contribution in [2.24, 2.45) is 0 Å². The summed E-state index contributed by atoms with van der Waals surface area (Å²) in [5.74, 6) is 1.95. The van der Waals surface area contributed by atoms with Crippen LogP contribution in [0.25, 0.3) is 82.3 Å². The summed E-state index contributed by atoms with van der Waals surface area (Å²) in [4.78, 5) is 21.0. The Labute approximate surface area is 256 Å². The second kappa shape index (κ2) is 9.93. The third kappa shape index (κ3) is 4.07. The van der Waals surface area contributed by atoms with Crippen molar-refractivity contribution in [2.45, 2.75) is 0 Å². The Morgan fingerprint density at radius 3 is 1.82 bits per heavy atom. The van der Waals surface area contributed by atoms with Crippen LogP contribution in [-0.4, -0.2) is 24.3 Å². The van der Waals surface area contributed by atoms with Crippen LogP contribution < -0.4 is 0 Å². The lowest BCUT2D eigenvalue weighted by molar-refractivity contribution is 1.07. The lowest BCUT2D eigenvalue weighted by atomic mass is 10.0. The van der Waals surface area contributed by atoms with E-state index in [4.69, 9.17) is 19.9 Å². The fourth-order valence-corrected chi connectivity index (χ4v) is 7.04. The molecule has 0 aliphatic rings. The van der Waals surface area contributed by atoms with Gasteiger partial charge in [0.1, 0.15) is 16.0 Å². The van der Waals surface area contributed by atoms with E-state index < -0.39 is 0 Å². The van der Waals surface area contributed by atoms with Crippen LogP contribution >= 0.6 is 11.3 Å². The highest BCUT2D eigenvalue weighted by Crippen LogP contribution is 2.38. The smallest absolute Gasteiger partial charge is 0.164 e. The van der Waals surface area contributed by atoms with Crippen LogP contribution in [0.2, 0.25) is 0 Å². The van der Waals surface area contributed by atoms with Gasteiger partial charge in [-0.1, -0.05) is 103 Å². The van der Waals surface area contributed by atoms with Crippen LogP contribution in [0.3, 0.4) is 0 Å². The molecule has 4 heterocycles. The van der Waals surface area contributed by atoms with E-state index in [9.17, 15) is 0 Å². The van der Waals surface area contributed by atoms with Gasteiger partial charge in [0.2, 0.25) is 0 Å². The molecule has 0 unspecified atom stereocenters. The first kappa shape index (κ1) is 24.8. The maximum Gasteiger partial charge on any atom is 0.164 e. The van der Waals surface area contributed by atoms with Gasteiger partial charge in [-0.25, -0.2) is 19.9 Å². The van der Waals surface area contributed by atoms with E-state index in [0.717, 1.165) is 39.0 Å². The topological polar surface area (TPSA) is 56.0 Å². The first-order chi connectivity index (χ1) is 21.8. The zero-order valence-corrected chi connectivity index (χ0v) is 24.2. The highest BCUT2D eigenvalue weighted by molar-refractivity contribution is 7.25. The van der Waals surface area contributed by atoms with Gasteiger partial charge in [-0.05, 0) is 52.9 Å². The van der Waals surface area contributed by atoms with Gasteiger partial charge in [0.25, 0.3) is 0 Å². The SMILES string of the molecule is c1ccc(-c2nc(-c3ccccc3)nc(-c3cccc(-c4ccc5sc6c(nc7ccc8ccccc8n76)c5c4)c3)n2)cc1. The quantitative estimate of drug-likeness (QED) is 0.208. The summed E-state index contributed by atoms with van der Waals surface area (Å²) in [6, 6.07) is 48.0. The van der Waals surface area contributed by atoms with Crippen LogP contribution in [0.15, 0.2) is 140 Å². The zero-order chi connectivity index (χ0) is 29.0. The number of rotatable bonds is 4. The Kier molecular flexibility index (Phi) is 5.61. The van der Waals surface area contributed by atoms with Crippen LogP contribution in [0.1, 0.15) is 0 Å². The van der Waals surface area contributed by atoms with Crippen molar-refractivity contribution in [1.82, 2.24) is 24.3 Å². The second-order valence-corrected chi connectivity index (χ2v) is 11.8. The summed E-state index contributed by atoms with van der Waals surface area (Å²) < 4.78 is 3.51. The molecule has 0 aliphatic carbocycles. The highest BCUT2D eigenvalue weighted by atomic mass is 32.1. The highest BCUT2D eigenvalue weighted by Gasteiger charge is 2.16. The Morgan fingerprint density at radius 1 is 0.455 bits per heavy atom. The molecule has 44 heavy (non-hydrogen) atoms. The normalized spacial score (nSPS) is 11.6. The van der Waals surface area contributed by atoms with Crippen molar-refractivity contribution in [3.05, 3.63) is 140 Å². The summed E-state index contributed by atoms with van der Waals surface area (Å²) >= 11 is 1.79. The molecule has 206 valence electrons. The maximum absolute atomic E-state index is 5.08. The molecule has 0 radical (unpaired) electrons. The van der Waals surface area contributed by atoms with E-state index in [2.05, 4.69) is 83.3 Å². The van der Waals surface area contributed by atoms with Gasteiger partial charge in [0.15, 0.2) is 17.5 Å². The fraction of sp³-hybridized carbons (Fsp3) is 0. The minimum atomic E-state index is 0.644. The Morgan fingerprint density at radius 2 is 1.07 bits per heavy atom. The summed E-state index contributed by atoms with van der Waals surface area (Å²) in [5.41, 5.74) is 8.26. The van der Waals surface area contributed by atoms with E-state index >= 15 is 0 Å². The number of hydrogen-bond donors (Lipinski definition) is 0. The summed E-state index contributed by atoms with van der Waals surface area (Å²) in [6.45, 7) is 0. The lowest BCUT2D eigenvalue weighted by Gasteiger charge is -2.09. The summed E-state index contributed by atoms with van der Waals surface area (Å²) in [6.07, 6.45) is 0. The molecular weight excluding hydrogens is 559 g/mol. The number of thiophene rings is 1. The van der Waals surface area contributed by atoms with E-state index in [1.807, 2.05) is 60.7 Å². The standard InChI is InChI=1S/C38H23N5S/c1-3-11-25(12-4-1)35-40-36(26-13-5-2-6-14-26)42-37(41-35)29-16-9-15-27(22-29)28-18-20-32-30(23-28)34-38(44-32)43-31-17-8-7-10-24(31)19-21-33(43)39-34/h1-23H. The molecule has 0 amide bonds. The van der Waals surface area contributed by atoms with E-state index in [0.29, 0.717) is 17.5 Å². The van der Waals surface area contributed by atoms with Crippen LogP contribution in [-0.2, 0) is 0 Å². The molecule has 0 N–H and O–H groups in total. The molecule has 6 heteroatoms. The van der Waals surface area contributed by atoms with Crippen molar-refractivity contribution in [1.29, 1.82) is 0 Å². The zero-order valence-electron chi connectivity index (χ0n) is 23.4. The van der Waals surface area contributed by atoms with E-state index in [1.165, 1.54) is 25.8 Å². The third-order valence-electron chi connectivity index (χ3n) is 8.05. The molecule has 0 saturated heterocycles. The molecule has 9 rings (SSSR count). The number of fused-ring (bicyclic) bond motifs is 7. The number of hydrogen-bond acceptors (Lipinski definition) is 5. The van der Waals surface area contributed by atoms with Crippen molar-refractivity contribution < 1.29 is 0 Å². The minimum absolute atomic E-state index is 0.644. The molecule has 0 fully saturated rings.